The number of methoxy groups -OCH3 is 1. The maximum Gasteiger partial charge on any atom is 0.251 e. The van der Waals surface area contributed by atoms with Gasteiger partial charge >= 0.3 is 0 Å². The molecule has 3 aromatic carbocycles. The van der Waals surface area contributed by atoms with Crippen LogP contribution in [0, 0.1) is 0 Å². The van der Waals surface area contributed by atoms with Crippen LogP contribution in [-0.4, -0.2) is 23.5 Å². The second-order valence-corrected chi connectivity index (χ2v) is 8.09. The molecule has 5 nitrogen and oxygen atoms in total. The number of para-hydroxylation sites is 2. The Hall–Kier alpha value is -3.60. The lowest BCUT2D eigenvalue weighted by Crippen LogP contribution is -2.45. The van der Waals surface area contributed by atoms with Gasteiger partial charge in [-0.15, -0.1) is 0 Å². The van der Waals surface area contributed by atoms with Crippen LogP contribution >= 0.6 is 0 Å². The summed E-state index contributed by atoms with van der Waals surface area (Å²) in [6.07, 6.45) is 0.623. The van der Waals surface area contributed by atoms with E-state index in [0.717, 1.165) is 16.8 Å². The van der Waals surface area contributed by atoms with Crippen LogP contribution in [0.2, 0.25) is 0 Å². The lowest BCUT2D eigenvalue weighted by Gasteiger charge is -2.27. The fourth-order valence-electron chi connectivity index (χ4n) is 3.82. The standard InChI is InChI=1S/C25H24N2O3/c1-25(2,15-17-8-4-7-11-22(17)30-3)27-24(29)16-12-13-19-21(14-16)26-20-10-6-5-9-18(20)23(19)28/h4-14H,15H2,1-3H3,(H,26,28)(H,27,29). The van der Waals surface area contributed by atoms with Crippen molar-refractivity contribution < 1.29 is 9.53 Å². The number of fused-ring (bicyclic) bond motifs is 2. The predicted octanol–water partition coefficient (Wildman–Crippen LogP) is 4.44. The molecule has 0 aliphatic carbocycles. The van der Waals surface area contributed by atoms with Crippen molar-refractivity contribution in [3.63, 3.8) is 0 Å². The normalized spacial score (nSPS) is 11.6. The summed E-state index contributed by atoms with van der Waals surface area (Å²) in [7, 11) is 1.64. The molecule has 0 saturated carbocycles. The highest BCUT2D eigenvalue weighted by Crippen LogP contribution is 2.23. The van der Waals surface area contributed by atoms with Crippen LogP contribution < -0.4 is 15.5 Å². The van der Waals surface area contributed by atoms with Gasteiger partial charge in [-0.25, -0.2) is 0 Å². The molecule has 0 radical (unpaired) electrons. The third-order valence-corrected chi connectivity index (χ3v) is 5.24. The number of aromatic nitrogens is 1. The molecule has 5 heteroatoms. The van der Waals surface area contributed by atoms with Gasteiger partial charge in [0.2, 0.25) is 0 Å². The number of nitrogens with one attached hydrogen (secondary N) is 2. The molecule has 0 unspecified atom stereocenters. The first-order chi connectivity index (χ1) is 14.4. The highest BCUT2D eigenvalue weighted by molar-refractivity contribution is 6.00. The molecule has 0 aliphatic rings. The number of pyridine rings is 1. The number of carbonyl (C=O) groups is 1. The number of amides is 1. The number of H-pyrrole nitrogens is 1. The summed E-state index contributed by atoms with van der Waals surface area (Å²) in [6, 6.07) is 20.3. The van der Waals surface area contributed by atoms with E-state index in [9.17, 15) is 9.59 Å². The fraction of sp³-hybridized carbons (Fsp3) is 0.200. The van der Waals surface area contributed by atoms with Gasteiger partial charge in [-0.2, -0.15) is 0 Å². The Labute approximate surface area is 174 Å². The maximum absolute atomic E-state index is 13.0. The molecule has 0 saturated heterocycles. The van der Waals surface area contributed by atoms with Crippen LogP contribution in [0.25, 0.3) is 21.8 Å². The number of ether oxygens (including phenoxy) is 1. The summed E-state index contributed by atoms with van der Waals surface area (Å²) in [6.45, 7) is 3.96. The highest BCUT2D eigenvalue weighted by Gasteiger charge is 2.23. The molecule has 0 atom stereocenters. The Morgan fingerprint density at radius 3 is 2.47 bits per heavy atom. The van der Waals surface area contributed by atoms with Gasteiger partial charge in [0.05, 0.1) is 12.6 Å². The Bertz CT molecular complexity index is 1300. The van der Waals surface area contributed by atoms with Crippen molar-refractivity contribution in [2.45, 2.75) is 25.8 Å². The van der Waals surface area contributed by atoms with Gasteiger partial charge in [-0.3, -0.25) is 9.59 Å². The lowest BCUT2D eigenvalue weighted by atomic mass is 9.93. The van der Waals surface area contributed by atoms with E-state index < -0.39 is 5.54 Å². The third-order valence-electron chi connectivity index (χ3n) is 5.24. The summed E-state index contributed by atoms with van der Waals surface area (Å²) in [5.41, 5.74) is 2.40. The third kappa shape index (κ3) is 3.79. The predicted molar refractivity (Wildman–Crippen MR) is 120 cm³/mol. The van der Waals surface area contributed by atoms with Crippen LogP contribution in [0.4, 0.5) is 0 Å². The largest absolute Gasteiger partial charge is 0.496 e. The summed E-state index contributed by atoms with van der Waals surface area (Å²) in [4.78, 5) is 29.0. The zero-order valence-electron chi connectivity index (χ0n) is 17.3. The second-order valence-electron chi connectivity index (χ2n) is 8.09. The molecule has 1 aromatic heterocycles. The SMILES string of the molecule is COc1ccccc1CC(C)(C)NC(=O)c1ccc2c(=O)c3ccccc3[nH]c2c1. The number of benzene rings is 3. The van der Waals surface area contributed by atoms with E-state index >= 15 is 0 Å². The molecule has 0 aliphatic heterocycles. The van der Waals surface area contributed by atoms with E-state index in [1.54, 1.807) is 31.4 Å². The van der Waals surface area contributed by atoms with Crippen LogP contribution in [0.1, 0.15) is 29.8 Å². The molecule has 152 valence electrons. The Morgan fingerprint density at radius 2 is 1.67 bits per heavy atom. The summed E-state index contributed by atoms with van der Waals surface area (Å²) in [5, 5.41) is 4.31. The van der Waals surface area contributed by atoms with Crippen LogP contribution in [0.3, 0.4) is 0 Å². The molecule has 30 heavy (non-hydrogen) atoms. The van der Waals surface area contributed by atoms with Crippen LogP contribution in [-0.2, 0) is 6.42 Å². The van der Waals surface area contributed by atoms with E-state index in [2.05, 4.69) is 10.3 Å². The first kappa shape index (κ1) is 19.7. The van der Waals surface area contributed by atoms with Crippen LogP contribution in [0.15, 0.2) is 71.5 Å². The molecular formula is C25H24N2O3. The Balaban J connectivity index is 1.62. The highest BCUT2D eigenvalue weighted by atomic mass is 16.5. The van der Waals surface area contributed by atoms with Crippen molar-refractivity contribution in [2.75, 3.05) is 7.11 Å². The van der Waals surface area contributed by atoms with Crippen LogP contribution in [0.5, 0.6) is 5.75 Å². The van der Waals surface area contributed by atoms with Crippen molar-refractivity contribution in [2.24, 2.45) is 0 Å². The first-order valence-electron chi connectivity index (χ1n) is 9.87. The quantitative estimate of drug-likeness (QED) is 0.487. The van der Waals surface area contributed by atoms with Gasteiger partial charge in [-0.1, -0.05) is 30.3 Å². The number of hydrogen-bond acceptors (Lipinski definition) is 3. The number of hydrogen-bond donors (Lipinski definition) is 2. The smallest absolute Gasteiger partial charge is 0.251 e. The summed E-state index contributed by atoms with van der Waals surface area (Å²) < 4.78 is 5.43. The van der Waals surface area contributed by atoms with Gasteiger partial charge in [0.25, 0.3) is 5.91 Å². The van der Waals surface area contributed by atoms with E-state index in [1.165, 1.54) is 0 Å². The number of rotatable bonds is 5. The number of aromatic amines is 1. The fourth-order valence-corrected chi connectivity index (χ4v) is 3.82. The Morgan fingerprint density at radius 1 is 0.967 bits per heavy atom. The van der Waals surface area contributed by atoms with E-state index in [0.29, 0.717) is 28.3 Å². The average molecular weight is 400 g/mol. The molecule has 0 bridgehead atoms. The van der Waals surface area contributed by atoms with E-state index in [4.69, 9.17) is 4.74 Å². The molecule has 1 amide bonds. The Kier molecular flexibility index (Phi) is 5.04. The first-order valence-corrected chi connectivity index (χ1v) is 9.87. The van der Waals surface area contributed by atoms with Crippen molar-refractivity contribution in [3.8, 4) is 5.75 Å². The number of carbonyl (C=O) groups excluding carboxylic acids is 1. The minimum absolute atomic E-state index is 0.0391. The molecule has 4 aromatic rings. The van der Waals surface area contributed by atoms with Gasteiger partial charge < -0.3 is 15.0 Å². The van der Waals surface area contributed by atoms with Crippen molar-refractivity contribution in [1.29, 1.82) is 0 Å². The topological polar surface area (TPSA) is 71.2 Å². The van der Waals surface area contributed by atoms with Crippen molar-refractivity contribution in [3.05, 3.63) is 88.1 Å². The van der Waals surface area contributed by atoms with Gasteiger partial charge in [-0.05, 0) is 62.2 Å². The zero-order chi connectivity index (χ0) is 21.3. The molecule has 1 heterocycles. The maximum atomic E-state index is 13.0. The van der Waals surface area contributed by atoms with E-state index in [1.807, 2.05) is 56.3 Å². The average Bonchev–Trinajstić information content (AvgIpc) is 2.73. The molecule has 2 N–H and O–H groups in total. The van der Waals surface area contributed by atoms with Crippen molar-refractivity contribution >= 4 is 27.7 Å². The van der Waals surface area contributed by atoms with Gasteiger partial charge in [0.1, 0.15) is 5.75 Å². The molecule has 0 fully saturated rings. The second kappa shape index (κ2) is 7.67. The lowest BCUT2D eigenvalue weighted by molar-refractivity contribution is 0.0913. The van der Waals surface area contributed by atoms with Gasteiger partial charge in [0.15, 0.2) is 5.43 Å². The summed E-state index contributed by atoms with van der Waals surface area (Å²) >= 11 is 0. The monoisotopic (exact) mass is 400 g/mol. The molecular weight excluding hydrogens is 376 g/mol. The van der Waals surface area contributed by atoms with Gasteiger partial charge in [0, 0.05) is 27.4 Å². The summed E-state index contributed by atoms with van der Waals surface area (Å²) in [5.74, 6) is 0.612. The minimum Gasteiger partial charge on any atom is -0.496 e. The zero-order valence-corrected chi connectivity index (χ0v) is 17.3. The van der Waals surface area contributed by atoms with E-state index in [-0.39, 0.29) is 11.3 Å². The minimum atomic E-state index is -0.489. The molecule has 0 spiro atoms. The van der Waals surface area contributed by atoms with Crippen molar-refractivity contribution in [1.82, 2.24) is 10.3 Å². The molecule has 4 rings (SSSR count).